The summed E-state index contributed by atoms with van der Waals surface area (Å²) in [6, 6.07) is 4.35. The van der Waals surface area contributed by atoms with Gasteiger partial charge >= 0.3 is 0 Å². The molecule has 1 atom stereocenters. The molecule has 0 radical (unpaired) electrons. The lowest BCUT2D eigenvalue weighted by molar-refractivity contribution is 0.0494. The summed E-state index contributed by atoms with van der Waals surface area (Å²) in [5, 5.41) is 10.3. The highest BCUT2D eigenvalue weighted by atomic mass is 32.1. The van der Waals surface area contributed by atoms with E-state index in [1.165, 1.54) is 22.6 Å². The maximum absolute atomic E-state index is 10.3. The Kier molecular flexibility index (Phi) is 5.50. The van der Waals surface area contributed by atoms with Crippen LogP contribution >= 0.6 is 11.3 Å². The van der Waals surface area contributed by atoms with Gasteiger partial charge < -0.3 is 5.11 Å². The first-order valence-corrected chi connectivity index (χ1v) is 7.19. The molecule has 1 aromatic rings. The quantitative estimate of drug-likeness (QED) is 0.709. The molecule has 0 aromatic carbocycles. The molecule has 0 amide bonds. The number of thiophene rings is 1. The number of unbranched alkanes of at least 4 members (excludes halogenated alkanes) is 2. The predicted octanol–water partition coefficient (Wildman–Crippen LogP) is 4.18. The Morgan fingerprint density at radius 1 is 1.19 bits per heavy atom. The van der Waals surface area contributed by atoms with Crippen LogP contribution in [0.25, 0.3) is 0 Å². The Bertz CT molecular complexity index is 301. The molecule has 0 fully saturated rings. The summed E-state index contributed by atoms with van der Waals surface area (Å²) < 4.78 is 0. The Morgan fingerprint density at radius 3 is 2.44 bits per heavy atom. The molecule has 16 heavy (non-hydrogen) atoms. The third kappa shape index (κ3) is 4.67. The highest BCUT2D eigenvalue weighted by Crippen LogP contribution is 2.25. The van der Waals surface area contributed by atoms with Gasteiger partial charge in [0.1, 0.15) is 0 Å². The smallest absolute Gasteiger partial charge is 0.0667 e. The van der Waals surface area contributed by atoms with Crippen molar-refractivity contribution in [3.8, 4) is 0 Å². The van der Waals surface area contributed by atoms with Crippen molar-refractivity contribution in [1.29, 1.82) is 0 Å². The minimum atomic E-state index is -0.523. The topological polar surface area (TPSA) is 20.2 Å². The Labute approximate surface area is 104 Å². The van der Waals surface area contributed by atoms with Crippen molar-refractivity contribution in [2.45, 2.75) is 64.9 Å². The van der Waals surface area contributed by atoms with Crippen LogP contribution in [0.1, 0.15) is 56.2 Å². The molecule has 2 heteroatoms. The van der Waals surface area contributed by atoms with E-state index in [1.807, 2.05) is 18.3 Å². The van der Waals surface area contributed by atoms with Gasteiger partial charge in [-0.2, -0.15) is 0 Å². The largest absolute Gasteiger partial charge is 0.390 e. The summed E-state index contributed by atoms with van der Waals surface area (Å²) >= 11 is 1.84. The normalized spacial score (nSPS) is 15.0. The molecule has 1 nitrogen and oxygen atoms in total. The summed E-state index contributed by atoms with van der Waals surface area (Å²) in [6.45, 7) is 6.34. The molecule has 0 aliphatic rings. The number of hydrogen-bond donors (Lipinski definition) is 1. The molecule has 1 N–H and O–H groups in total. The third-order valence-electron chi connectivity index (χ3n) is 2.94. The Morgan fingerprint density at radius 2 is 1.88 bits per heavy atom. The number of rotatable bonds is 7. The SMILES string of the molecule is CCCCCC(C)(O)Cc1ccc(CC)s1. The van der Waals surface area contributed by atoms with E-state index >= 15 is 0 Å². The van der Waals surface area contributed by atoms with E-state index in [2.05, 4.69) is 26.0 Å². The van der Waals surface area contributed by atoms with Gasteiger partial charge in [-0.25, -0.2) is 0 Å². The van der Waals surface area contributed by atoms with Gasteiger partial charge in [0.25, 0.3) is 0 Å². The van der Waals surface area contributed by atoms with Crippen LogP contribution in [0.5, 0.6) is 0 Å². The summed E-state index contributed by atoms with van der Waals surface area (Å²) in [5.41, 5.74) is -0.523. The average Bonchev–Trinajstić information content (AvgIpc) is 2.65. The monoisotopic (exact) mass is 240 g/mol. The molecule has 0 spiro atoms. The van der Waals surface area contributed by atoms with Crippen molar-refractivity contribution < 1.29 is 5.11 Å². The van der Waals surface area contributed by atoms with Gasteiger partial charge in [0.2, 0.25) is 0 Å². The fraction of sp³-hybridized carbons (Fsp3) is 0.714. The van der Waals surface area contributed by atoms with Crippen LogP contribution in [-0.2, 0) is 12.8 Å². The van der Waals surface area contributed by atoms with Gasteiger partial charge in [-0.05, 0) is 31.9 Å². The molecule has 1 rings (SSSR count). The van der Waals surface area contributed by atoms with Crippen LogP contribution in [0.4, 0.5) is 0 Å². The second kappa shape index (κ2) is 6.41. The van der Waals surface area contributed by atoms with Crippen molar-refractivity contribution in [3.63, 3.8) is 0 Å². The molecule has 0 bridgehead atoms. The van der Waals surface area contributed by atoms with Crippen molar-refractivity contribution >= 4 is 11.3 Å². The van der Waals surface area contributed by atoms with Crippen LogP contribution in [0.15, 0.2) is 12.1 Å². The number of hydrogen-bond acceptors (Lipinski definition) is 2. The van der Waals surface area contributed by atoms with Gasteiger partial charge in [-0.3, -0.25) is 0 Å². The van der Waals surface area contributed by atoms with Crippen molar-refractivity contribution in [2.75, 3.05) is 0 Å². The van der Waals surface area contributed by atoms with Crippen LogP contribution in [-0.4, -0.2) is 10.7 Å². The summed E-state index contributed by atoms with van der Waals surface area (Å²) in [4.78, 5) is 2.73. The highest BCUT2D eigenvalue weighted by molar-refractivity contribution is 7.12. The third-order valence-corrected chi connectivity index (χ3v) is 4.17. The summed E-state index contributed by atoms with van der Waals surface area (Å²) in [5.74, 6) is 0. The zero-order valence-corrected chi connectivity index (χ0v) is 11.6. The minimum Gasteiger partial charge on any atom is -0.390 e. The first kappa shape index (κ1) is 13.7. The van der Waals surface area contributed by atoms with E-state index in [4.69, 9.17) is 0 Å². The van der Waals surface area contributed by atoms with Gasteiger partial charge in [-0.15, -0.1) is 11.3 Å². The molecular formula is C14H24OS. The van der Waals surface area contributed by atoms with Gasteiger partial charge in [-0.1, -0.05) is 33.1 Å². The summed E-state index contributed by atoms with van der Waals surface area (Å²) in [6.07, 6.45) is 6.40. The molecule has 0 aliphatic carbocycles. The molecule has 0 aliphatic heterocycles. The lowest BCUT2D eigenvalue weighted by atomic mass is 9.94. The van der Waals surface area contributed by atoms with Crippen molar-refractivity contribution in [2.24, 2.45) is 0 Å². The van der Waals surface area contributed by atoms with Crippen LogP contribution < -0.4 is 0 Å². The lowest BCUT2D eigenvalue weighted by Crippen LogP contribution is -2.26. The second-order valence-electron chi connectivity index (χ2n) is 4.85. The minimum absolute atomic E-state index is 0.523. The Hall–Kier alpha value is -0.340. The van der Waals surface area contributed by atoms with Crippen LogP contribution in [0, 0.1) is 0 Å². The second-order valence-corrected chi connectivity index (χ2v) is 6.11. The first-order chi connectivity index (χ1) is 7.57. The fourth-order valence-electron chi connectivity index (χ4n) is 1.93. The molecule has 1 aromatic heterocycles. The highest BCUT2D eigenvalue weighted by Gasteiger charge is 2.20. The van der Waals surface area contributed by atoms with E-state index in [0.29, 0.717) is 0 Å². The first-order valence-electron chi connectivity index (χ1n) is 6.37. The lowest BCUT2D eigenvalue weighted by Gasteiger charge is -2.22. The maximum atomic E-state index is 10.3. The average molecular weight is 240 g/mol. The van der Waals surface area contributed by atoms with E-state index in [9.17, 15) is 5.11 Å². The molecule has 1 heterocycles. The van der Waals surface area contributed by atoms with Gasteiger partial charge in [0, 0.05) is 16.2 Å². The van der Waals surface area contributed by atoms with E-state index in [0.717, 1.165) is 25.7 Å². The molecule has 0 saturated carbocycles. The van der Waals surface area contributed by atoms with Crippen molar-refractivity contribution in [1.82, 2.24) is 0 Å². The molecule has 92 valence electrons. The summed E-state index contributed by atoms with van der Waals surface area (Å²) in [7, 11) is 0. The number of aryl methyl sites for hydroxylation is 1. The zero-order chi connectivity index (χ0) is 12.0. The van der Waals surface area contributed by atoms with E-state index in [-0.39, 0.29) is 0 Å². The Balaban J connectivity index is 2.44. The number of aliphatic hydroxyl groups is 1. The fourth-order valence-corrected chi connectivity index (χ4v) is 3.06. The standard InChI is InChI=1S/C14H24OS/c1-4-6-7-10-14(3,15)11-13-9-8-12(5-2)16-13/h8-9,15H,4-7,10-11H2,1-3H3. The van der Waals surface area contributed by atoms with Crippen LogP contribution in [0.3, 0.4) is 0 Å². The van der Waals surface area contributed by atoms with Crippen molar-refractivity contribution in [3.05, 3.63) is 21.9 Å². The molecule has 0 saturated heterocycles. The molecule has 1 unspecified atom stereocenters. The molecular weight excluding hydrogens is 216 g/mol. The van der Waals surface area contributed by atoms with Crippen LogP contribution in [0.2, 0.25) is 0 Å². The van der Waals surface area contributed by atoms with Gasteiger partial charge in [0.15, 0.2) is 0 Å². The zero-order valence-electron chi connectivity index (χ0n) is 10.8. The maximum Gasteiger partial charge on any atom is 0.0667 e. The predicted molar refractivity (Wildman–Crippen MR) is 72.2 cm³/mol. The van der Waals surface area contributed by atoms with Gasteiger partial charge in [0.05, 0.1) is 5.60 Å². The van der Waals surface area contributed by atoms with E-state index < -0.39 is 5.60 Å². The van der Waals surface area contributed by atoms with E-state index in [1.54, 1.807) is 0 Å².